The Bertz CT molecular complexity index is 618. The maximum absolute atomic E-state index is 6.28. The molecule has 1 saturated heterocycles. The van der Waals surface area contributed by atoms with Crippen LogP contribution in [0.5, 0.6) is 0 Å². The number of hydrogen-bond acceptors (Lipinski definition) is 6. The summed E-state index contributed by atoms with van der Waals surface area (Å²) in [5.41, 5.74) is 2.57. The minimum Gasteiger partial charge on any atom is -0.379 e. The summed E-state index contributed by atoms with van der Waals surface area (Å²) >= 11 is 7.48. The zero-order valence-electron chi connectivity index (χ0n) is 12.2. The number of fused-ring (bicyclic) bond motifs is 1. The molecular weight excluding hydrogens is 308 g/mol. The second-order valence-electron chi connectivity index (χ2n) is 5.52. The van der Waals surface area contributed by atoms with E-state index >= 15 is 0 Å². The van der Waals surface area contributed by atoms with Crippen LogP contribution >= 0.6 is 23.3 Å². The van der Waals surface area contributed by atoms with Gasteiger partial charge in [-0.15, -0.1) is 0 Å². The lowest BCUT2D eigenvalue weighted by molar-refractivity contribution is -0.0315. The monoisotopic (exact) mass is 326 g/mol. The highest BCUT2D eigenvalue weighted by molar-refractivity contribution is 7.00. The van der Waals surface area contributed by atoms with Crippen molar-refractivity contribution in [1.29, 1.82) is 0 Å². The molecule has 0 aliphatic carbocycles. The third-order valence-corrected chi connectivity index (χ3v) is 4.64. The Hall–Kier alpha value is -0.950. The van der Waals surface area contributed by atoms with E-state index in [9.17, 15) is 0 Å². The average Bonchev–Trinajstić information content (AvgIpc) is 2.95. The molecule has 0 amide bonds. The molecule has 2 heterocycles. The first kappa shape index (κ1) is 15.0. The zero-order valence-corrected chi connectivity index (χ0v) is 13.7. The van der Waals surface area contributed by atoms with E-state index in [-0.39, 0.29) is 6.10 Å². The third-order valence-electron chi connectivity index (χ3n) is 3.78. The highest BCUT2D eigenvalue weighted by Gasteiger charge is 2.22. The van der Waals surface area contributed by atoms with Crippen LogP contribution in [-0.2, 0) is 4.74 Å². The Kier molecular flexibility index (Phi) is 4.59. The van der Waals surface area contributed by atoms with Gasteiger partial charge in [-0.2, -0.15) is 8.75 Å². The Morgan fingerprint density at radius 1 is 1.48 bits per heavy atom. The summed E-state index contributed by atoms with van der Waals surface area (Å²) in [5.74, 6) is 0. The second kappa shape index (κ2) is 6.44. The van der Waals surface area contributed by atoms with Gasteiger partial charge in [-0.3, -0.25) is 4.90 Å². The van der Waals surface area contributed by atoms with Crippen LogP contribution in [0.3, 0.4) is 0 Å². The molecule has 3 rings (SSSR count). The van der Waals surface area contributed by atoms with E-state index in [1.807, 2.05) is 12.1 Å². The Morgan fingerprint density at radius 2 is 2.33 bits per heavy atom. The molecule has 7 heteroatoms. The topological polar surface area (TPSA) is 50.3 Å². The molecule has 1 atom stereocenters. The van der Waals surface area contributed by atoms with Gasteiger partial charge in [0.2, 0.25) is 0 Å². The van der Waals surface area contributed by atoms with Crippen molar-refractivity contribution < 1.29 is 4.74 Å². The smallest absolute Gasteiger partial charge is 0.129 e. The van der Waals surface area contributed by atoms with Crippen LogP contribution in [0.4, 0.5) is 5.69 Å². The summed E-state index contributed by atoms with van der Waals surface area (Å²) < 4.78 is 14.4. The number of benzene rings is 1. The molecular formula is C14H19ClN4OS. The molecule has 2 aromatic rings. The van der Waals surface area contributed by atoms with Gasteiger partial charge in [-0.25, -0.2) is 0 Å². The van der Waals surface area contributed by atoms with E-state index in [2.05, 4.69) is 32.8 Å². The van der Waals surface area contributed by atoms with Crippen LogP contribution in [-0.4, -0.2) is 52.0 Å². The number of hydrogen-bond donors (Lipinski definition) is 1. The quantitative estimate of drug-likeness (QED) is 0.936. The summed E-state index contributed by atoms with van der Waals surface area (Å²) in [5, 5.41) is 4.06. The van der Waals surface area contributed by atoms with E-state index < -0.39 is 0 Å². The van der Waals surface area contributed by atoms with E-state index in [4.69, 9.17) is 16.3 Å². The van der Waals surface area contributed by atoms with Crippen LogP contribution in [0.25, 0.3) is 11.0 Å². The fourth-order valence-corrected chi connectivity index (χ4v) is 3.31. The molecule has 0 spiro atoms. The molecule has 5 nitrogen and oxygen atoms in total. The molecule has 0 radical (unpaired) electrons. The molecule has 114 valence electrons. The van der Waals surface area contributed by atoms with Crippen LogP contribution in [0.2, 0.25) is 5.02 Å². The number of morpholine rings is 1. The second-order valence-corrected chi connectivity index (χ2v) is 6.45. The van der Waals surface area contributed by atoms with Crippen molar-refractivity contribution in [2.45, 2.75) is 26.0 Å². The van der Waals surface area contributed by atoms with Gasteiger partial charge < -0.3 is 10.1 Å². The average molecular weight is 327 g/mol. The highest BCUT2D eigenvalue weighted by Crippen LogP contribution is 2.30. The van der Waals surface area contributed by atoms with Crippen molar-refractivity contribution >= 4 is 40.0 Å². The van der Waals surface area contributed by atoms with Crippen LogP contribution < -0.4 is 5.32 Å². The van der Waals surface area contributed by atoms with Crippen LogP contribution in [0.15, 0.2) is 12.1 Å². The first-order chi connectivity index (χ1) is 10.1. The minimum absolute atomic E-state index is 0.166. The van der Waals surface area contributed by atoms with Crippen molar-refractivity contribution in [3.8, 4) is 0 Å². The lowest BCUT2D eigenvalue weighted by Gasteiger charge is -2.35. The van der Waals surface area contributed by atoms with Crippen molar-refractivity contribution in [1.82, 2.24) is 13.6 Å². The van der Waals surface area contributed by atoms with Gasteiger partial charge in [0.15, 0.2) is 0 Å². The van der Waals surface area contributed by atoms with Crippen molar-refractivity contribution in [3.05, 3.63) is 17.2 Å². The summed E-state index contributed by atoms with van der Waals surface area (Å²) in [4.78, 5) is 2.43. The SMILES string of the molecule is CC(C)N1CCOC(CNc2c(Cl)ccc3nsnc23)C1. The molecule has 1 fully saturated rings. The van der Waals surface area contributed by atoms with Crippen LogP contribution in [0.1, 0.15) is 13.8 Å². The molecule has 1 N–H and O–H groups in total. The molecule has 21 heavy (non-hydrogen) atoms. The molecule has 1 unspecified atom stereocenters. The lowest BCUT2D eigenvalue weighted by Crippen LogP contribution is -2.48. The number of nitrogens with zero attached hydrogens (tertiary/aromatic N) is 3. The summed E-state index contributed by atoms with van der Waals surface area (Å²) in [6, 6.07) is 4.30. The first-order valence-electron chi connectivity index (χ1n) is 7.15. The van der Waals surface area contributed by atoms with Gasteiger partial charge in [-0.1, -0.05) is 11.6 Å². The predicted molar refractivity (Wildman–Crippen MR) is 87.4 cm³/mol. The van der Waals surface area contributed by atoms with Gasteiger partial charge in [0, 0.05) is 25.7 Å². The third kappa shape index (κ3) is 3.29. The number of rotatable bonds is 4. The van der Waals surface area contributed by atoms with E-state index in [0.717, 1.165) is 43.0 Å². The molecule has 1 aromatic heterocycles. The number of ether oxygens (including phenoxy) is 1. The predicted octanol–water partition coefficient (Wildman–Crippen LogP) is 2.87. The van der Waals surface area contributed by atoms with Crippen molar-refractivity contribution in [3.63, 3.8) is 0 Å². The maximum atomic E-state index is 6.28. The van der Waals surface area contributed by atoms with Crippen molar-refractivity contribution in [2.75, 3.05) is 31.6 Å². The van der Waals surface area contributed by atoms with Gasteiger partial charge in [0.25, 0.3) is 0 Å². The van der Waals surface area contributed by atoms with Crippen LogP contribution in [0, 0.1) is 0 Å². The van der Waals surface area contributed by atoms with Gasteiger partial charge >= 0.3 is 0 Å². The summed E-state index contributed by atoms with van der Waals surface area (Å²) in [6.45, 7) is 7.87. The Morgan fingerprint density at radius 3 is 3.14 bits per heavy atom. The Labute approximate surface area is 133 Å². The maximum Gasteiger partial charge on any atom is 0.129 e. The van der Waals surface area contributed by atoms with E-state index in [1.165, 1.54) is 11.7 Å². The van der Waals surface area contributed by atoms with Crippen molar-refractivity contribution in [2.24, 2.45) is 0 Å². The van der Waals surface area contributed by atoms with Gasteiger partial charge in [0.1, 0.15) is 11.0 Å². The molecule has 0 bridgehead atoms. The number of nitrogens with one attached hydrogen (secondary N) is 1. The summed E-state index contributed by atoms with van der Waals surface area (Å²) in [7, 11) is 0. The fourth-order valence-electron chi connectivity index (χ4n) is 2.55. The number of halogens is 1. The molecule has 0 saturated carbocycles. The minimum atomic E-state index is 0.166. The Balaban J connectivity index is 1.69. The van der Waals surface area contributed by atoms with Gasteiger partial charge in [-0.05, 0) is 26.0 Å². The van der Waals surface area contributed by atoms with E-state index in [1.54, 1.807) is 0 Å². The molecule has 1 aliphatic heterocycles. The highest BCUT2D eigenvalue weighted by atomic mass is 35.5. The first-order valence-corrected chi connectivity index (χ1v) is 8.26. The fraction of sp³-hybridized carbons (Fsp3) is 0.571. The molecule has 1 aliphatic rings. The van der Waals surface area contributed by atoms with Gasteiger partial charge in [0.05, 0.1) is 35.1 Å². The number of anilines is 1. The zero-order chi connectivity index (χ0) is 14.8. The summed E-state index contributed by atoms with van der Waals surface area (Å²) in [6.07, 6.45) is 0.166. The normalized spacial score (nSPS) is 20.3. The number of aromatic nitrogens is 2. The molecule has 1 aromatic carbocycles. The lowest BCUT2D eigenvalue weighted by atomic mass is 10.2. The van der Waals surface area contributed by atoms with E-state index in [0.29, 0.717) is 11.1 Å². The largest absolute Gasteiger partial charge is 0.379 e. The standard InChI is InChI=1S/C14H19ClN4OS/c1-9(2)19-5-6-20-10(8-19)7-16-13-11(15)3-4-12-14(13)18-21-17-12/h3-4,9-10,16H,5-8H2,1-2H3.